The summed E-state index contributed by atoms with van der Waals surface area (Å²) in [6.45, 7) is 6.64. The lowest BCUT2D eigenvalue weighted by Gasteiger charge is -2.26. The SMILES string of the molecule is CCOc1ccccc1CN1CCCC(N(C)Cc2nccc(N)n2)CC1. The molecule has 1 aromatic heterocycles. The Bertz CT molecular complexity index is 723. The summed E-state index contributed by atoms with van der Waals surface area (Å²) in [5.74, 6) is 2.34. The summed E-state index contributed by atoms with van der Waals surface area (Å²) >= 11 is 0. The zero-order valence-electron chi connectivity index (χ0n) is 16.5. The van der Waals surface area contributed by atoms with Gasteiger partial charge in [0.15, 0.2) is 0 Å². The maximum atomic E-state index is 5.79. The van der Waals surface area contributed by atoms with Gasteiger partial charge in [-0.15, -0.1) is 0 Å². The molecular weight excluding hydrogens is 338 g/mol. The van der Waals surface area contributed by atoms with E-state index in [0.717, 1.165) is 44.2 Å². The maximum absolute atomic E-state index is 5.79. The van der Waals surface area contributed by atoms with Crippen LogP contribution in [0.1, 0.15) is 37.6 Å². The topological polar surface area (TPSA) is 67.5 Å². The predicted octanol–water partition coefficient (Wildman–Crippen LogP) is 2.94. The predicted molar refractivity (Wildman–Crippen MR) is 108 cm³/mol. The highest BCUT2D eigenvalue weighted by molar-refractivity contribution is 5.33. The standard InChI is InChI=1S/C21H31N5O/c1-3-27-19-9-5-4-7-17(19)15-26-13-6-8-18(11-14-26)25(2)16-21-23-12-10-20(22)24-21/h4-5,7,9-10,12,18H,3,6,8,11,13-16H2,1-2H3,(H2,22,23,24). The average molecular weight is 370 g/mol. The van der Waals surface area contributed by atoms with Crippen LogP contribution in [0.4, 0.5) is 5.82 Å². The number of likely N-dealkylation sites (tertiary alicyclic amines) is 1. The van der Waals surface area contributed by atoms with E-state index in [2.05, 4.69) is 45.0 Å². The molecule has 1 aliphatic rings. The first-order valence-corrected chi connectivity index (χ1v) is 9.86. The van der Waals surface area contributed by atoms with Crippen molar-refractivity contribution in [3.8, 4) is 5.75 Å². The Hall–Kier alpha value is -2.18. The number of rotatable bonds is 7. The number of aromatic nitrogens is 2. The van der Waals surface area contributed by atoms with Crippen molar-refractivity contribution in [2.45, 2.75) is 45.3 Å². The first-order valence-electron chi connectivity index (χ1n) is 9.86. The molecule has 1 aromatic carbocycles. The number of anilines is 1. The molecule has 0 bridgehead atoms. The molecular formula is C21H31N5O. The highest BCUT2D eigenvalue weighted by Crippen LogP contribution is 2.23. The smallest absolute Gasteiger partial charge is 0.144 e. The maximum Gasteiger partial charge on any atom is 0.144 e. The number of nitrogens with zero attached hydrogens (tertiary/aromatic N) is 4. The van der Waals surface area contributed by atoms with Crippen molar-refractivity contribution in [2.75, 3.05) is 32.5 Å². The highest BCUT2D eigenvalue weighted by atomic mass is 16.5. The minimum atomic E-state index is 0.536. The Morgan fingerprint density at radius 3 is 2.89 bits per heavy atom. The fourth-order valence-electron chi connectivity index (χ4n) is 3.75. The van der Waals surface area contributed by atoms with Crippen LogP contribution < -0.4 is 10.5 Å². The molecule has 1 saturated heterocycles. The molecule has 6 heteroatoms. The molecule has 2 aromatic rings. The van der Waals surface area contributed by atoms with Crippen molar-refractivity contribution in [1.82, 2.24) is 19.8 Å². The third kappa shape index (κ3) is 5.65. The Morgan fingerprint density at radius 1 is 1.22 bits per heavy atom. The van der Waals surface area contributed by atoms with Crippen molar-refractivity contribution < 1.29 is 4.74 Å². The summed E-state index contributed by atoms with van der Waals surface area (Å²) in [6, 6.07) is 10.7. The third-order valence-corrected chi connectivity index (χ3v) is 5.20. The molecule has 1 atom stereocenters. The van der Waals surface area contributed by atoms with Crippen molar-refractivity contribution in [3.05, 3.63) is 47.9 Å². The largest absolute Gasteiger partial charge is 0.494 e. The van der Waals surface area contributed by atoms with E-state index < -0.39 is 0 Å². The quantitative estimate of drug-likeness (QED) is 0.809. The van der Waals surface area contributed by atoms with Crippen molar-refractivity contribution in [2.24, 2.45) is 0 Å². The molecule has 1 unspecified atom stereocenters. The second kappa shape index (κ2) is 9.67. The minimum Gasteiger partial charge on any atom is -0.494 e. The zero-order valence-corrected chi connectivity index (χ0v) is 16.5. The Kier molecular flexibility index (Phi) is 7.01. The van der Waals surface area contributed by atoms with Gasteiger partial charge in [-0.25, -0.2) is 9.97 Å². The van der Waals surface area contributed by atoms with E-state index >= 15 is 0 Å². The van der Waals surface area contributed by atoms with Gasteiger partial charge in [-0.1, -0.05) is 18.2 Å². The van der Waals surface area contributed by atoms with Gasteiger partial charge < -0.3 is 10.5 Å². The summed E-state index contributed by atoms with van der Waals surface area (Å²) < 4.78 is 5.79. The summed E-state index contributed by atoms with van der Waals surface area (Å²) in [5.41, 5.74) is 7.05. The number of hydrogen-bond acceptors (Lipinski definition) is 6. The van der Waals surface area contributed by atoms with Gasteiger partial charge in [0.2, 0.25) is 0 Å². The van der Waals surface area contributed by atoms with E-state index in [9.17, 15) is 0 Å². The van der Waals surface area contributed by atoms with Crippen LogP contribution in [0.2, 0.25) is 0 Å². The molecule has 0 aliphatic carbocycles. The van der Waals surface area contributed by atoms with Crippen LogP contribution in [-0.4, -0.2) is 52.6 Å². The second-order valence-electron chi connectivity index (χ2n) is 7.21. The summed E-state index contributed by atoms with van der Waals surface area (Å²) in [5, 5.41) is 0. The summed E-state index contributed by atoms with van der Waals surface area (Å²) in [4.78, 5) is 13.6. The summed E-state index contributed by atoms with van der Waals surface area (Å²) in [7, 11) is 2.16. The van der Waals surface area contributed by atoms with Crippen molar-refractivity contribution in [3.63, 3.8) is 0 Å². The lowest BCUT2D eigenvalue weighted by molar-refractivity contribution is 0.202. The Morgan fingerprint density at radius 2 is 2.07 bits per heavy atom. The van der Waals surface area contributed by atoms with Crippen LogP contribution >= 0.6 is 0 Å². The molecule has 146 valence electrons. The van der Waals surface area contributed by atoms with E-state index in [0.29, 0.717) is 18.5 Å². The Balaban J connectivity index is 1.55. The summed E-state index contributed by atoms with van der Waals surface area (Å²) in [6.07, 6.45) is 5.28. The van der Waals surface area contributed by atoms with Crippen LogP contribution in [0.5, 0.6) is 5.75 Å². The minimum absolute atomic E-state index is 0.536. The van der Waals surface area contributed by atoms with Gasteiger partial charge in [0, 0.05) is 24.3 Å². The number of nitrogen functional groups attached to an aromatic ring is 1. The zero-order chi connectivity index (χ0) is 19.1. The van der Waals surface area contributed by atoms with Crippen LogP contribution in [-0.2, 0) is 13.1 Å². The fraction of sp³-hybridized carbons (Fsp3) is 0.524. The lowest BCUT2D eigenvalue weighted by atomic mass is 10.1. The molecule has 6 nitrogen and oxygen atoms in total. The molecule has 2 N–H and O–H groups in total. The van der Waals surface area contributed by atoms with E-state index in [1.807, 2.05) is 13.0 Å². The number of nitrogens with two attached hydrogens (primary N) is 1. The monoisotopic (exact) mass is 369 g/mol. The normalized spacial score (nSPS) is 18.4. The molecule has 0 amide bonds. The second-order valence-corrected chi connectivity index (χ2v) is 7.21. The lowest BCUT2D eigenvalue weighted by Crippen LogP contribution is -2.33. The fourth-order valence-corrected chi connectivity index (χ4v) is 3.75. The molecule has 0 saturated carbocycles. The van der Waals surface area contributed by atoms with Crippen molar-refractivity contribution >= 4 is 5.82 Å². The molecule has 0 radical (unpaired) electrons. The van der Waals surface area contributed by atoms with Gasteiger partial charge in [-0.2, -0.15) is 0 Å². The third-order valence-electron chi connectivity index (χ3n) is 5.20. The molecule has 0 spiro atoms. The van der Waals surface area contributed by atoms with Gasteiger partial charge in [-0.05, 0) is 58.5 Å². The van der Waals surface area contributed by atoms with Gasteiger partial charge in [0.25, 0.3) is 0 Å². The molecule has 27 heavy (non-hydrogen) atoms. The first-order chi connectivity index (χ1) is 13.2. The average Bonchev–Trinajstić information content (AvgIpc) is 2.89. The van der Waals surface area contributed by atoms with Crippen molar-refractivity contribution in [1.29, 1.82) is 0 Å². The van der Waals surface area contributed by atoms with Crippen LogP contribution in [0, 0.1) is 0 Å². The van der Waals surface area contributed by atoms with Gasteiger partial charge in [-0.3, -0.25) is 9.80 Å². The molecule has 1 fully saturated rings. The van der Waals surface area contributed by atoms with Crippen LogP contribution in [0.25, 0.3) is 0 Å². The van der Waals surface area contributed by atoms with Gasteiger partial charge >= 0.3 is 0 Å². The Labute approximate surface area is 162 Å². The van der Waals surface area contributed by atoms with E-state index in [4.69, 9.17) is 10.5 Å². The number of para-hydroxylation sites is 1. The van der Waals surface area contributed by atoms with Crippen LogP contribution in [0.15, 0.2) is 36.5 Å². The number of hydrogen-bond donors (Lipinski definition) is 1. The highest BCUT2D eigenvalue weighted by Gasteiger charge is 2.21. The first kappa shape index (κ1) is 19.6. The molecule has 2 heterocycles. The van der Waals surface area contributed by atoms with E-state index in [1.165, 1.54) is 18.4 Å². The van der Waals surface area contributed by atoms with Gasteiger partial charge in [0.1, 0.15) is 17.4 Å². The van der Waals surface area contributed by atoms with E-state index in [-0.39, 0.29) is 0 Å². The number of benzene rings is 1. The van der Waals surface area contributed by atoms with Gasteiger partial charge in [0.05, 0.1) is 13.2 Å². The molecule has 1 aliphatic heterocycles. The van der Waals surface area contributed by atoms with E-state index in [1.54, 1.807) is 12.3 Å². The van der Waals surface area contributed by atoms with Crippen LogP contribution in [0.3, 0.4) is 0 Å². The molecule has 3 rings (SSSR count). The number of ether oxygens (including phenoxy) is 1.